The summed E-state index contributed by atoms with van der Waals surface area (Å²) in [5.74, 6) is -1.52. The number of carboxylic acids is 1. The second-order valence-corrected chi connectivity index (χ2v) is 7.00. The van der Waals surface area contributed by atoms with Gasteiger partial charge in [0.05, 0.1) is 11.8 Å². The summed E-state index contributed by atoms with van der Waals surface area (Å²) in [7, 11) is 0. The summed E-state index contributed by atoms with van der Waals surface area (Å²) in [6.45, 7) is 9.53. The van der Waals surface area contributed by atoms with Crippen LogP contribution in [0.1, 0.15) is 47.5 Å². The summed E-state index contributed by atoms with van der Waals surface area (Å²) >= 11 is 0. The molecule has 0 spiro atoms. The quantitative estimate of drug-likeness (QED) is 0.621. The van der Waals surface area contributed by atoms with Crippen LogP contribution >= 0.6 is 0 Å². The van der Waals surface area contributed by atoms with E-state index >= 15 is 0 Å². The van der Waals surface area contributed by atoms with Crippen LogP contribution < -0.4 is 0 Å². The molecule has 0 saturated carbocycles. The third-order valence-electron chi connectivity index (χ3n) is 3.39. The monoisotopic (exact) mass is 282 g/mol. The van der Waals surface area contributed by atoms with E-state index in [0.29, 0.717) is 18.8 Å². The highest BCUT2D eigenvalue weighted by molar-refractivity contribution is 5.76. The summed E-state index contributed by atoms with van der Waals surface area (Å²) in [5, 5.41) is 9.34. The van der Waals surface area contributed by atoms with Crippen molar-refractivity contribution in [2.45, 2.75) is 53.1 Å². The smallest absolute Gasteiger partial charge is 0.313 e. The zero-order valence-corrected chi connectivity index (χ0v) is 13.1. The molecule has 4 heteroatoms. The van der Waals surface area contributed by atoms with Gasteiger partial charge in [0.25, 0.3) is 0 Å². The zero-order chi connectivity index (χ0) is 15.5. The summed E-state index contributed by atoms with van der Waals surface area (Å²) < 4.78 is 5.35. The molecular weight excluding hydrogens is 256 g/mol. The Labute approximate surface area is 121 Å². The number of allylic oxidation sites excluding steroid dienone is 1. The summed E-state index contributed by atoms with van der Waals surface area (Å²) in [4.78, 5) is 23.4. The zero-order valence-electron chi connectivity index (χ0n) is 13.1. The van der Waals surface area contributed by atoms with Gasteiger partial charge in [-0.25, -0.2) is 0 Å². The largest absolute Gasteiger partial charge is 0.481 e. The van der Waals surface area contributed by atoms with Crippen molar-refractivity contribution < 1.29 is 19.4 Å². The number of rotatable bonds is 5. The van der Waals surface area contributed by atoms with Crippen LogP contribution in [0.25, 0.3) is 0 Å². The molecule has 1 rings (SSSR count). The fourth-order valence-corrected chi connectivity index (χ4v) is 2.54. The molecule has 0 amide bonds. The lowest BCUT2D eigenvalue weighted by atomic mass is 9.84. The van der Waals surface area contributed by atoms with E-state index in [0.717, 1.165) is 0 Å². The first-order valence-corrected chi connectivity index (χ1v) is 7.24. The van der Waals surface area contributed by atoms with Crippen molar-refractivity contribution in [3.8, 4) is 0 Å². The lowest BCUT2D eigenvalue weighted by Gasteiger charge is -2.23. The van der Waals surface area contributed by atoms with Gasteiger partial charge in [-0.3, -0.25) is 9.59 Å². The molecule has 0 aromatic rings. The number of hydrogen-bond acceptors (Lipinski definition) is 3. The molecular formula is C16H26O4. The Balaban J connectivity index is 2.64. The predicted molar refractivity (Wildman–Crippen MR) is 77.2 cm³/mol. The molecule has 20 heavy (non-hydrogen) atoms. The Bertz CT molecular complexity index is 390. The predicted octanol–water partition coefficient (Wildman–Crippen LogP) is 3.27. The fraction of sp³-hybridized carbons (Fsp3) is 0.750. The van der Waals surface area contributed by atoms with Gasteiger partial charge >= 0.3 is 11.9 Å². The Morgan fingerprint density at radius 3 is 2.35 bits per heavy atom. The molecule has 0 heterocycles. The average molecular weight is 282 g/mol. The first kappa shape index (κ1) is 16.7. The minimum Gasteiger partial charge on any atom is -0.481 e. The van der Waals surface area contributed by atoms with E-state index in [2.05, 4.69) is 0 Å². The topological polar surface area (TPSA) is 63.6 Å². The second kappa shape index (κ2) is 6.42. The molecule has 3 atom stereocenters. The van der Waals surface area contributed by atoms with Crippen LogP contribution in [0.15, 0.2) is 12.2 Å². The normalized spacial score (nSPS) is 23.9. The molecule has 114 valence electrons. The third kappa shape index (κ3) is 4.99. The highest BCUT2D eigenvalue weighted by Gasteiger charge is 2.35. The van der Waals surface area contributed by atoms with Crippen LogP contribution in [0.5, 0.6) is 0 Å². The highest BCUT2D eigenvalue weighted by Crippen LogP contribution is 2.34. The molecule has 0 saturated heterocycles. The SMILES string of the molecule is CC(C)C[C@@H](C(=O)O)C1C=CC(C(=O)OC(C)(C)C)C1. The van der Waals surface area contributed by atoms with Gasteiger partial charge in [-0.15, -0.1) is 0 Å². The van der Waals surface area contributed by atoms with E-state index in [-0.39, 0.29) is 17.8 Å². The summed E-state index contributed by atoms with van der Waals surface area (Å²) in [6.07, 6.45) is 4.84. The third-order valence-corrected chi connectivity index (χ3v) is 3.39. The molecule has 0 bridgehead atoms. The van der Waals surface area contributed by atoms with E-state index in [1.54, 1.807) is 6.08 Å². The van der Waals surface area contributed by atoms with E-state index < -0.39 is 17.5 Å². The number of esters is 1. The molecule has 0 fully saturated rings. The Morgan fingerprint density at radius 2 is 1.90 bits per heavy atom. The Kier molecular flexibility index (Phi) is 5.37. The molecule has 4 nitrogen and oxygen atoms in total. The van der Waals surface area contributed by atoms with Crippen molar-refractivity contribution in [3.63, 3.8) is 0 Å². The number of carbonyl (C=O) groups is 2. The summed E-state index contributed by atoms with van der Waals surface area (Å²) in [5.41, 5.74) is -0.507. The van der Waals surface area contributed by atoms with Gasteiger partial charge in [0.2, 0.25) is 0 Å². The van der Waals surface area contributed by atoms with E-state index in [4.69, 9.17) is 4.74 Å². The first-order valence-electron chi connectivity index (χ1n) is 7.24. The van der Waals surface area contributed by atoms with Crippen molar-refractivity contribution >= 4 is 11.9 Å². The van der Waals surface area contributed by atoms with Crippen LogP contribution in [0.4, 0.5) is 0 Å². The van der Waals surface area contributed by atoms with Crippen molar-refractivity contribution in [1.82, 2.24) is 0 Å². The maximum Gasteiger partial charge on any atom is 0.313 e. The minimum absolute atomic E-state index is 0.0765. The molecule has 0 aromatic carbocycles. The van der Waals surface area contributed by atoms with Crippen LogP contribution in [0, 0.1) is 23.7 Å². The fourth-order valence-electron chi connectivity index (χ4n) is 2.54. The van der Waals surface area contributed by atoms with Crippen molar-refractivity contribution in [2.75, 3.05) is 0 Å². The number of aliphatic carboxylic acids is 1. The molecule has 1 N–H and O–H groups in total. The van der Waals surface area contributed by atoms with Gasteiger partial charge < -0.3 is 9.84 Å². The lowest BCUT2D eigenvalue weighted by molar-refractivity contribution is -0.159. The van der Waals surface area contributed by atoms with Crippen LogP contribution in [0.2, 0.25) is 0 Å². The van der Waals surface area contributed by atoms with Gasteiger partial charge in [-0.2, -0.15) is 0 Å². The Morgan fingerprint density at radius 1 is 1.30 bits per heavy atom. The molecule has 0 aliphatic heterocycles. The van der Waals surface area contributed by atoms with Gasteiger partial charge in [0, 0.05) is 0 Å². The molecule has 1 aliphatic carbocycles. The molecule has 0 aromatic heterocycles. The van der Waals surface area contributed by atoms with Gasteiger partial charge in [-0.05, 0) is 45.4 Å². The number of carboxylic acid groups (broad SMARTS) is 1. The van der Waals surface area contributed by atoms with Crippen LogP contribution in [-0.2, 0) is 14.3 Å². The van der Waals surface area contributed by atoms with E-state index in [1.807, 2.05) is 40.7 Å². The van der Waals surface area contributed by atoms with Gasteiger partial charge in [-0.1, -0.05) is 26.0 Å². The lowest BCUT2D eigenvalue weighted by Crippen LogP contribution is -2.29. The van der Waals surface area contributed by atoms with E-state index in [1.165, 1.54) is 0 Å². The maximum absolute atomic E-state index is 12.0. The van der Waals surface area contributed by atoms with Gasteiger partial charge in [0.1, 0.15) is 5.60 Å². The Hall–Kier alpha value is -1.32. The minimum atomic E-state index is -0.779. The molecule has 0 radical (unpaired) electrons. The number of hydrogen-bond donors (Lipinski definition) is 1. The summed E-state index contributed by atoms with van der Waals surface area (Å²) in [6, 6.07) is 0. The van der Waals surface area contributed by atoms with Crippen molar-refractivity contribution in [2.24, 2.45) is 23.7 Å². The van der Waals surface area contributed by atoms with Gasteiger partial charge in [0.15, 0.2) is 0 Å². The average Bonchev–Trinajstić information content (AvgIpc) is 2.71. The molecule has 2 unspecified atom stereocenters. The number of carbonyl (C=O) groups excluding carboxylic acids is 1. The maximum atomic E-state index is 12.0. The van der Waals surface area contributed by atoms with E-state index in [9.17, 15) is 14.7 Å². The molecule has 1 aliphatic rings. The highest BCUT2D eigenvalue weighted by atomic mass is 16.6. The van der Waals surface area contributed by atoms with Crippen molar-refractivity contribution in [1.29, 1.82) is 0 Å². The number of ether oxygens (including phenoxy) is 1. The van der Waals surface area contributed by atoms with Crippen molar-refractivity contribution in [3.05, 3.63) is 12.2 Å². The van der Waals surface area contributed by atoms with Crippen LogP contribution in [0.3, 0.4) is 0 Å². The standard InChI is InChI=1S/C16H26O4/c1-10(2)8-13(14(17)18)11-6-7-12(9-11)15(19)20-16(3,4)5/h6-7,10-13H,8-9H2,1-5H3,(H,17,18)/t11?,12?,13-/m1/s1. The van der Waals surface area contributed by atoms with Crippen LogP contribution in [-0.4, -0.2) is 22.6 Å². The second-order valence-electron chi connectivity index (χ2n) is 7.00. The first-order chi connectivity index (χ1) is 9.10.